The monoisotopic (exact) mass is 603 g/mol. The number of nitrogens with zero attached hydrogens (tertiary/aromatic N) is 3. The number of aromatic carboxylic acids is 1. The van der Waals surface area contributed by atoms with Crippen LogP contribution in [-0.2, 0) is 25.9 Å². The molecule has 0 aliphatic heterocycles. The fourth-order valence-electron chi connectivity index (χ4n) is 4.50. The van der Waals surface area contributed by atoms with Gasteiger partial charge in [-0.3, -0.25) is 9.13 Å². The van der Waals surface area contributed by atoms with Crippen molar-refractivity contribution in [2.75, 3.05) is 0 Å². The Kier molecular flexibility index (Phi) is 7.37. The van der Waals surface area contributed by atoms with E-state index in [0.29, 0.717) is 17.6 Å². The van der Waals surface area contributed by atoms with Gasteiger partial charge in [0.05, 0.1) is 11.0 Å². The van der Waals surface area contributed by atoms with Gasteiger partial charge in [0.25, 0.3) is 0 Å². The van der Waals surface area contributed by atoms with Crippen molar-refractivity contribution in [1.82, 2.24) is 14.1 Å². The van der Waals surface area contributed by atoms with Crippen LogP contribution in [0.2, 0.25) is 5.02 Å². The number of hydrogen-bond donors (Lipinski definition) is 2. The Labute approximate surface area is 232 Å². The average Bonchev–Trinajstić information content (AvgIpc) is 3.10. The molecule has 8 nitrogen and oxygen atoms in total. The fraction of sp³-hybridized carbons (Fsp3) is 0.269. The van der Waals surface area contributed by atoms with Crippen molar-refractivity contribution in [2.45, 2.75) is 30.8 Å². The molecule has 218 valence electrons. The summed E-state index contributed by atoms with van der Waals surface area (Å²) in [7, 11) is 2.82. The number of aryl methyl sites for hydroxylation is 2. The van der Waals surface area contributed by atoms with Crippen molar-refractivity contribution >= 4 is 28.6 Å². The quantitative estimate of drug-likeness (QED) is 0.262. The minimum Gasteiger partial charge on any atom is -0.477 e. The van der Waals surface area contributed by atoms with Gasteiger partial charge in [0, 0.05) is 25.0 Å². The molecule has 4 aromatic rings. The third-order valence-electron chi connectivity index (χ3n) is 6.80. The zero-order valence-corrected chi connectivity index (χ0v) is 22.1. The molecule has 0 fully saturated rings. The van der Waals surface area contributed by atoms with Gasteiger partial charge in [-0.2, -0.15) is 26.3 Å². The number of carbonyl (C=O) groups is 1. The van der Waals surface area contributed by atoms with Crippen LogP contribution >= 0.6 is 11.6 Å². The third-order valence-corrected chi connectivity index (χ3v) is 7.13. The maximum absolute atomic E-state index is 14.5. The first-order chi connectivity index (χ1) is 18.9. The second-order valence-corrected chi connectivity index (χ2v) is 9.63. The van der Waals surface area contributed by atoms with Crippen LogP contribution in [0.3, 0.4) is 0 Å². The van der Waals surface area contributed by atoms with E-state index in [9.17, 15) is 46.1 Å². The van der Waals surface area contributed by atoms with Gasteiger partial charge in [0.1, 0.15) is 17.0 Å². The first-order valence-corrected chi connectivity index (χ1v) is 12.0. The van der Waals surface area contributed by atoms with Crippen molar-refractivity contribution in [3.8, 4) is 11.6 Å². The number of aliphatic hydroxyl groups is 1. The van der Waals surface area contributed by atoms with Crippen molar-refractivity contribution in [3.05, 3.63) is 86.4 Å². The van der Waals surface area contributed by atoms with E-state index in [1.807, 2.05) is 0 Å². The highest BCUT2D eigenvalue weighted by Gasteiger charge is 2.59. The standard InChI is InChI=1S/C26H20ClF6N3O5/c1-12(24(40,26(31,32)33)13-4-8-18-19(10-13)36(3)23(39)35(18)2)15-6-5-14(11-17(15)27)41-21-16(22(37)38)7-9-20(34-21)25(28,29)30/h4-12,40H,1-3H3,(H,37,38)/t12-,24-/m1/s1. The number of pyridine rings is 1. The van der Waals surface area contributed by atoms with Crippen molar-refractivity contribution in [3.63, 3.8) is 0 Å². The summed E-state index contributed by atoms with van der Waals surface area (Å²) >= 11 is 6.26. The molecule has 0 aliphatic rings. The minimum atomic E-state index is -5.23. The first kappa shape index (κ1) is 29.9. The topological polar surface area (TPSA) is 107 Å². The van der Waals surface area contributed by atoms with Gasteiger partial charge in [-0.1, -0.05) is 30.7 Å². The minimum absolute atomic E-state index is 0.141. The molecule has 2 atom stereocenters. The van der Waals surface area contributed by atoms with E-state index in [1.165, 1.54) is 24.7 Å². The second kappa shape index (κ2) is 10.1. The Morgan fingerprint density at radius 3 is 2.17 bits per heavy atom. The smallest absolute Gasteiger partial charge is 0.433 e. The predicted molar refractivity (Wildman–Crippen MR) is 134 cm³/mol. The zero-order chi connectivity index (χ0) is 30.7. The molecule has 2 N–H and O–H groups in total. The first-order valence-electron chi connectivity index (χ1n) is 11.6. The molecule has 0 bridgehead atoms. The molecule has 2 aromatic carbocycles. The lowest BCUT2D eigenvalue weighted by Gasteiger charge is -2.37. The lowest BCUT2D eigenvalue weighted by Crippen LogP contribution is -2.46. The Hall–Kier alpha value is -4.04. The zero-order valence-electron chi connectivity index (χ0n) is 21.3. The highest BCUT2D eigenvalue weighted by Crippen LogP contribution is 2.50. The van der Waals surface area contributed by atoms with Gasteiger partial charge in [0.2, 0.25) is 5.88 Å². The SMILES string of the molecule is C[C@H](c1ccc(Oc2nc(C(F)(F)F)ccc2C(=O)O)cc1Cl)[C@@](O)(c1ccc2c(c1)n(C)c(=O)n2C)C(F)(F)F. The summed E-state index contributed by atoms with van der Waals surface area (Å²) in [5.41, 5.74) is -6.43. The number of ether oxygens (including phenoxy) is 1. The van der Waals surface area contributed by atoms with E-state index >= 15 is 0 Å². The summed E-state index contributed by atoms with van der Waals surface area (Å²) < 4.78 is 90.5. The summed E-state index contributed by atoms with van der Waals surface area (Å²) in [6.07, 6.45) is -10.1. The molecule has 0 amide bonds. The lowest BCUT2D eigenvalue weighted by atomic mass is 9.77. The van der Waals surface area contributed by atoms with Crippen LogP contribution in [0.1, 0.15) is 40.0 Å². The summed E-state index contributed by atoms with van der Waals surface area (Å²) in [5, 5.41) is 20.1. The van der Waals surface area contributed by atoms with Gasteiger partial charge in [-0.05, 0) is 47.5 Å². The molecule has 0 saturated carbocycles. The van der Waals surface area contributed by atoms with Crippen LogP contribution in [0.5, 0.6) is 11.6 Å². The Morgan fingerprint density at radius 1 is 0.976 bits per heavy atom. The van der Waals surface area contributed by atoms with Gasteiger partial charge in [-0.15, -0.1) is 0 Å². The van der Waals surface area contributed by atoms with E-state index in [4.69, 9.17) is 16.3 Å². The summed E-state index contributed by atoms with van der Waals surface area (Å²) in [4.78, 5) is 26.9. The van der Waals surface area contributed by atoms with Crippen LogP contribution in [0.25, 0.3) is 11.0 Å². The number of benzene rings is 2. The van der Waals surface area contributed by atoms with Gasteiger partial charge < -0.3 is 14.9 Å². The molecule has 0 aliphatic carbocycles. The number of carboxylic acid groups (broad SMARTS) is 1. The predicted octanol–water partition coefficient (Wildman–Crippen LogP) is 5.99. The second-order valence-electron chi connectivity index (χ2n) is 9.23. The molecule has 15 heteroatoms. The Bertz CT molecular complexity index is 1730. The molecular weight excluding hydrogens is 584 g/mol. The summed E-state index contributed by atoms with van der Waals surface area (Å²) in [5.74, 6) is -4.63. The Balaban J connectivity index is 1.77. The number of hydrogen-bond acceptors (Lipinski definition) is 5. The fourth-order valence-corrected chi connectivity index (χ4v) is 4.84. The van der Waals surface area contributed by atoms with Gasteiger partial charge in [0.15, 0.2) is 5.60 Å². The number of imidazole rings is 1. The normalized spacial score (nSPS) is 14.6. The molecule has 0 unspecified atom stereocenters. The number of rotatable bonds is 6. The maximum atomic E-state index is 14.5. The van der Waals surface area contributed by atoms with Crippen molar-refractivity contribution in [2.24, 2.45) is 14.1 Å². The maximum Gasteiger partial charge on any atom is 0.433 e. The number of aromatic nitrogens is 3. The van der Waals surface area contributed by atoms with Crippen molar-refractivity contribution in [1.29, 1.82) is 0 Å². The number of halogens is 7. The molecule has 4 rings (SSSR count). The van der Waals surface area contributed by atoms with Gasteiger partial charge >= 0.3 is 24.0 Å². The van der Waals surface area contributed by atoms with E-state index in [0.717, 1.165) is 41.8 Å². The number of fused-ring (bicyclic) bond motifs is 1. The van der Waals surface area contributed by atoms with E-state index in [1.54, 1.807) is 0 Å². The molecular formula is C26H20ClF6N3O5. The highest BCUT2D eigenvalue weighted by atomic mass is 35.5. The van der Waals surface area contributed by atoms with Crippen LogP contribution in [0.15, 0.2) is 53.3 Å². The molecule has 0 spiro atoms. The van der Waals surface area contributed by atoms with Crippen LogP contribution in [-0.4, -0.2) is 36.5 Å². The molecule has 41 heavy (non-hydrogen) atoms. The molecule has 2 heterocycles. The van der Waals surface area contributed by atoms with Gasteiger partial charge in [-0.25, -0.2) is 14.6 Å². The van der Waals surface area contributed by atoms with Crippen molar-refractivity contribution < 1.29 is 46.1 Å². The Morgan fingerprint density at radius 2 is 1.61 bits per heavy atom. The largest absolute Gasteiger partial charge is 0.477 e. The lowest BCUT2D eigenvalue weighted by molar-refractivity contribution is -0.274. The molecule has 0 radical (unpaired) electrons. The highest BCUT2D eigenvalue weighted by molar-refractivity contribution is 6.31. The number of alkyl halides is 6. The van der Waals surface area contributed by atoms with Crippen LogP contribution in [0.4, 0.5) is 26.3 Å². The number of carboxylic acids is 1. The average molecular weight is 604 g/mol. The third kappa shape index (κ3) is 5.12. The molecule has 0 saturated heterocycles. The van der Waals surface area contributed by atoms with Crippen LogP contribution < -0.4 is 10.4 Å². The van der Waals surface area contributed by atoms with E-state index in [2.05, 4.69) is 4.98 Å². The summed E-state index contributed by atoms with van der Waals surface area (Å²) in [6.45, 7) is 1.07. The molecule has 2 aromatic heterocycles. The van der Waals surface area contributed by atoms with E-state index in [-0.39, 0.29) is 21.9 Å². The summed E-state index contributed by atoms with van der Waals surface area (Å²) in [6, 6.07) is 7.54. The van der Waals surface area contributed by atoms with E-state index < -0.39 is 58.2 Å². The van der Waals surface area contributed by atoms with Crippen LogP contribution in [0, 0.1) is 0 Å².